The van der Waals surface area contributed by atoms with Crippen molar-refractivity contribution < 1.29 is 29.5 Å². The van der Waals surface area contributed by atoms with Crippen LogP contribution in [0.15, 0.2) is 47.5 Å². The molecular weight excluding hydrogens is 422 g/mol. The summed E-state index contributed by atoms with van der Waals surface area (Å²) in [5.41, 5.74) is 1.14. The topological polar surface area (TPSA) is 101 Å². The second-order valence-corrected chi connectivity index (χ2v) is 8.15. The summed E-state index contributed by atoms with van der Waals surface area (Å²) < 4.78 is 17.2. The molecule has 0 amide bonds. The average Bonchev–Trinajstić information content (AvgIpc) is 3.11. The van der Waals surface area contributed by atoms with Gasteiger partial charge in [0.2, 0.25) is 5.72 Å². The number of aliphatic imine (C=N–C) groups is 1. The van der Waals surface area contributed by atoms with E-state index in [2.05, 4.69) is 4.99 Å². The molecule has 4 rings (SSSR count). The first-order chi connectivity index (χ1) is 14.9. The molecule has 2 aromatic rings. The van der Waals surface area contributed by atoms with Crippen LogP contribution < -0.4 is 4.74 Å². The van der Waals surface area contributed by atoms with Crippen LogP contribution in [0.5, 0.6) is 5.75 Å². The van der Waals surface area contributed by atoms with Crippen molar-refractivity contribution in [3.05, 3.63) is 64.2 Å². The second kappa shape index (κ2) is 8.76. The summed E-state index contributed by atoms with van der Waals surface area (Å²) >= 11 is 6.48. The van der Waals surface area contributed by atoms with Crippen molar-refractivity contribution in [2.75, 3.05) is 13.2 Å². The molecule has 1 saturated heterocycles. The third kappa shape index (κ3) is 4.04. The zero-order chi connectivity index (χ0) is 22.2. The van der Waals surface area contributed by atoms with Crippen LogP contribution in [0.25, 0.3) is 0 Å². The van der Waals surface area contributed by atoms with E-state index in [9.17, 15) is 15.3 Å². The molecule has 2 aromatic carbocycles. The molecule has 0 bridgehead atoms. The molecule has 0 spiro atoms. The van der Waals surface area contributed by atoms with Gasteiger partial charge in [-0.2, -0.15) is 0 Å². The van der Waals surface area contributed by atoms with Gasteiger partial charge in [0.1, 0.15) is 24.1 Å². The quantitative estimate of drug-likeness (QED) is 0.628. The fourth-order valence-corrected chi connectivity index (χ4v) is 4.33. The Kier molecular flexibility index (Phi) is 6.23. The van der Waals surface area contributed by atoms with Gasteiger partial charge in [0.15, 0.2) is 12.0 Å². The Labute approximate surface area is 185 Å². The van der Waals surface area contributed by atoms with E-state index in [0.717, 1.165) is 16.9 Å². The van der Waals surface area contributed by atoms with Crippen molar-refractivity contribution in [2.45, 2.75) is 50.4 Å². The van der Waals surface area contributed by atoms with Crippen LogP contribution >= 0.6 is 11.6 Å². The molecule has 0 aromatic heterocycles. The average molecular weight is 448 g/mol. The fraction of sp³-hybridized carbons (Fsp3) is 0.435. The number of fused-ring (bicyclic) bond motifs is 1. The molecule has 31 heavy (non-hydrogen) atoms. The molecule has 3 N–H and O–H groups in total. The number of nitrogens with zero attached hydrogens (tertiary/aromatic N) is 1. The molecular formula is C23H26ClNO6. The molecule has 1 fully saturated rings. The summed E-state index contributed by atoms with van der Waals surface area (Å²) in [7, 11) is 0. The van der Waals surface area contributed by atoms with E-state index in [1.807, 2.05) is 37.3 Å². The summed E-state index contributed by atoms with van der Waals surface area (Å²) in [6.45, 7) is 3.74. The second-order valence-electron chi connectivity index (χ2n) is 7.75. The Morgan fingerprint density at radius 2 is 1.87 bits per heavy atom. The number of aliphatic hydroxyl groups is 3. The van der Waals surface area contributed by atoms with E-state index < -0.39 is 36.7 Å². The molecule has 2 aliphatic rings. The first kappa shape index (κ1) is 22.0. The Balaban J connectivity index is 1.69. The van der Waals surface area contributed by atoms with Crippen molar-refractivity contribution >= 4 is 17.5 Å². The SMILES string of the molecule is CCOc1ccc(Cc2cc(C34N=C(C)OC3[C@@H](O)[C@H](O)[C@@H](CO)O4)ccc2Cl)cc1. The minimum Gasteiger partial charge on any atom is -0.494 e. The number of ether oxygens (including phenoxy) is 3. The molecule has 2 unspecified atom stereocenters. The number of hydrogen-bond acceptors (Lipinski definition) is 7. The maximum atomic E-state index is 10.6. The van der Waals surface area contributed by atoms with Crippen molar-refractivity contribution in [1.82, 2.24) is 0 Å². The fourth-order valence-electron chi connectivity index (χ4n) is 4.15. The number of aliphatic hydroxyl groups excluding tert-OH is 3. The third-order valence-electron chi connectivity index (χ3n) is 5.65. The molecule has 0 radical (unpaired) electrons. The van der Waals surface area contributed by atoms with Crippen LogP contribution in [0.2, 0.25) is 5.02 Å². The van der Waals surface area contributed by atoms with Crippen LogP contribution in [-0.2, 0) is 21.6 Å². The Morgan fingerprint density at radius 3 is 2.55 bits per heavy atom. The molecule has 0 saturated carbocycles. The van der Waals surface area contributed by atoms with Gasteiger partial charge in [0, 0.05) is 17.5 Å². The summed E-state index contributed by atoms with van der Waals surface area (Å²) in [4.78, 5) is 4.54. The van der Waals surface area contributed by atoms with Gasteiger partial charge in [-0.3, -0.25) is 0 Å². The highest BCUT2D eigenvalue weighted by molar-refractivity contribution is 6.31. The highest BCUT2D eigenvalue weighted by Crippen LogP contribution is 2.45. The maximum absolute atomic E-state index is 10.6. The summed E-state index contributed by atoms with van der Waals surface area (Å²) in [6.07, 6.45) is -3.95. The lowest BCUT2D eigenvalue weighted by atomic mass is 9.85. The predicted octanol–water partition coefficient (Wildman–Crippen LogP) is 2.41. The van der Waals surface area contributed by atoms with Crippen molar-refractivity contribution in [1.29, 1.82) is 0 Å². The van der Waals surface area contributed by atoms with E-state index in [4.69, 9.17) is 25.8 Å². The minimum atomic E-state index is -1.38. The first-order valence-electron chi connectivity index (χ1n) is 10.3. The third-order valence-corrected chi connectivity index (χ3v) is 6.02. The van der Waals surface area contributed by atoms with Gasteiger partial charge in [-0.15, -0.1) is 0 Å². The van der Waals surface area contributed by atoms with Gasteiger partial charge in [0.25, 0.3) is 0 Å². The molecule has 7 nitrogen and oxygen atoms in total. The van der Waals surface area contributed by atoms with E-state index >= 15 is 0 Å². The molecule has 2 heterocycles. The first-order valence-corrected chi connectivity index (χ1v) is 10.6. The van der Waals surface area contributed by atoms with Crippen LogP contribution in [0.3, 0.4) is 0 Å². The van der Waals surface area contributed by atoms with Gasteiger partial charge in [-0.25, -0.2) is 4.99 Å². The van der Waals surface area contributed by atoms with Gasteiger partial charge >= 0.3 is 0 Å². The smallest absolute Gasteiger partial charge is 0.228 e. The van der Waals surface area contributed by atoms with Gasteiger partial charge in [0.05, 0.1) is 13.2 Å². The summed E-state index contributed by atoms with van der Waals surface area (Å²) in [5, 5.41) is 31.2. The largest absolute Gasteiger partial charge is 0.494 e. The van der Waals surface area contributed by atoms with E-state index in [1.165, 1.54) is 0 Å². The lowest BCUT2D eigenvalue weighted by molar-refractivity contribution is -0.262. The number of hydrogen-bond donors (Lipinski definition) is 3. The summed E-state index contributed by atoms with van der Waals surface area (Å²) in [6, 6.07) is 13.2. The molecule has 0 aliphatic carbocycles. The summed E-state index contributed by atoms with van der Waals surface area (Å²) in [5.74, 6) is 1.14. The van der Waals surface area contributed by atoms with Crippen LogP contribution in [0.4, 0.5) is 0 Å². The highest BCUT2D eigenvalue weighted by atomic mass is 35.5. The van der Waals surface area contributed by atoms with Crippen LogP contribution in [-0.4, -0.2) is 58.8 Å². The van der Waals surface area contributed by atoms with Gasteiger partial charge < -0.3 is 29.5 Å². The Hall–Kier alpha value is -2.16. The number of rotatable bonds is 6. The van der Waals surface area contributed by atoms with Gasteiger partial charge in [-0.1, -0.05) is 29.8 Å². The number of halogens is 1. The monoisotopic (exact) mass is 447 g/mol. The predicted molar refractivity (Wildman–Crippen MR) is 116 cm³/mol. The Morgan fingerprint density at radius 1 is 1.13 bits per heavy atom. The maximum Gasteiger partial charge on any atom is 0.228 e. The lowest BCUT2D eigenvalue weighted by Crippen LogP contribution is -2.61. The van der Waals surface area contributed by atoms with Crippen LogP contribution in [0.1, 0.15) is 30.5 Å². The zero-order valence-corrected chi connectivity index (χ0v) is 18.1. The number of benzene rings is 2. The van der Waals surface area contributed by atoms with E-state index in [1.54, 1.807) is 19.1 Å². The van der Waals surface area contributed by atoms with E-state index in [-0.39, 0.29) is 0 Å². The van der Waals surface area contributed by atoms with Crippen molar-refractivity contribution in [3.63, 3.8) is 0 Å². The van der Waals surface area contributed by atoms with Crippen LogP contribution in [0, 0.1) is 0 Å². The zero-order valence-electron chi connectivity index (χ0n) is 17.4. The lowest BCUT2D eigenvalue weighted by Gasteiger charge is -2.44. The molecule has 166 valence electrons. The van der Waals surface area contributed by atoms with Gasteiger partial charge in [-0.05, 0) is 48.7 Å². The molecule has 8 heteroatoms. The normalized spacial score (nSPS) is 29.8. The minimum absolute atomic E-state index is 0.331. The Bertz CT molecular complexity index is 965. The van der Waals surface area contributed by atoms with Crippen molar-refractivity contribution in [2.24, 2.45) is 4.99 Å². The highest BCUT2D eigenvalue weighted by Gasteiger charge is 2.59. The standard InChI is InChI=1S/C23H26ClNO6/c1-3-29-17-7-4-14(5-8-17)10-15-11-16(6-9-18(15)24)23-22(30-13(2)25-23)21(28)20(27)19(12-26)31-23/h4-9,11,19-22,26-28H,3,10,12H2,1-2H3/t19-,20-,21+,22?,23?/m1/s1. The molecule has 2 aliphatic heterocycles. The molecule has 5 atom stereocenters. The van der Waals surface area contributed by atoms with E-state index in [0.29, 0.717) is 29.5 Å². The van der Waals surface area contributed by atoms with Crippen molar-refractivity contribution in [3.8, 4) is 5.75 Å².